The van der Waals surface area contributed by atoms with E-state index in [4.69, 9.17) is 9.47 Å². The third-order valence-electron chi connectivity index (χ3n) is 3.53. The molecule has 0 amide bonds. The number of rotatable bonds is 4. The zero-order chi connectivity index (χ0) is 12.2. The van der Waals surface area contributed by atoms with Crippen LogP contribution in [0.4, 0.5) is 0 Å². The van der Waals surface area contributed by atoms with Gasteiger partial charge in [-0.3, -0.25) is 0 Å². The summed E-state index contributed by atoms with van der Waals surface area (Å²) >= 11 is 0. The van der Waals surface area contributed by atoms with Crippen molar-refractivity contribution in [1.82, 2.24) is 4.90 Å². The predicted molar refractivity (Wildman–Crippen MR) is 66.5 cm³/mol. The van der Waals surface area contributed by atoms with Crippen molar-refractivity contribution in [2.45, 2.75) is 52.9 Å². The van der Waals surface area contributed by atoms with E-state index >= 15 is 0 Å². The summed E-state index contributed by atoms with van der Waals surface area (Å²) < 4.78 is 11.1. The minimum atomic E-state index is 0.0170. The van der Waals surface area contributed by atoms with Gasteiger partial charge in [-0.05, 0) is 25.8 Å². The summed E-state index contributed by atoms with van der Waals surface area (Å²) in [6.07, 6.45) is 2.02. The van der Waals surface area contributed by atoms with Crippen LogP contribution in [0.1, 0.15) is 40.5 Å². The smallest absolute Gasteiger partial charge is 0.158 e. The van der Waals surface area contributed by atoms with E-state index in [9.17, 15) is 0 Å². The number of hydrogen-bond acceptors (Lipinski definition) is 3. The maximum atomic E-state index is 5.54. The van der Waals surface area contributed by atoms with Gasteiger partial charge in [0.2, 0.25) is 0 Å². The SMILES string of the molecule is CC(N(C)CCC1OCCCO1)C(C)(C)C. The van der Waals surface area contributed by atoms with Gasteiger partial charge in [-0.15, -0.1) is 0 Å². The molecule has 0 aromatic rings. The highest BCUT2D eigenvalue weighted by molar-refractivity contribution is 4.77. The summed E-state index contributed by atoms with van der Waals surface area (Å²) in [5, 5.41) is 0. The van der Waals surface area contributed by atoms with E-state index in [1.807, 2.05) is 0 Å². The van der Waals surface area contributed by atoms with Crippen LogP contribution < -0.4 is 0 Å². The van der Waals surface area contributed by atoms with E-state index in [0.29, 0.717) is 11.5 Å². The van der Waals surface area contributed by atoms with Gasteiger partial charge in [-0.25, -0.2) is 0 Å². The molecule has 1 saturated heterocycles. The Balaban J connectivity index is 2.25. The van der Waals surface area contributed by atoms with E-state index < -0.39 is 0 Å². The molecule has 1 aliphatic rings. The van der Waals surface area contributed by atoms with Gasteiger partial charge in [0, 0.05) is 19.0 Å². The van der Waals surface area contributed by atoms with Gasteiger partial charge >= 0.3 is 0 Å². The molecule has 0 N–H and O–H groups in total. The molecule has 0 bridgehead atoms. The second kappa shape index (κ2) is 5.99. The fourth-order valence-electron chi connectivity index (χ4n) is 1.87. The van der Waals surface area contributed by atoms with Crippen molar-refractivity contribution in [2.75, 3.05) is 26.8 Å². The van der Waals surface area contributed by atoms with Gasteiger partial charge in [0.15, 0.2) is 6.29 Å². The third-order valence-corrected chi connectivity index (χ3v) is 3.53. The molecule has 96 valence electrons. The topological polar surface area (TPSA) is 21.7 Å². The fraction of sp³-hybridized carbons (Fsp3) is 1.00. The molecule has 1 heterocycles. The van der Waals surface area contributed by atoms with E-state index in [1.165, 1.54) is 0 Å². The maximum absolute atomic E-state index is 5.54. The molecule has 1 atom stereocenters. The molecule has 1 unspecified atom stereocenters. The van der Waals surface area contributed by atoms with Crippen molar-refractivity contribution in [3.8, 4) is 0 Å². The molecule has 0 radical (unpaired) electrons. The first-order valence-corrected chi connectivity index (χ1v) is 6.34. The quantitative estimate of drug-likeness (QED) is 0.739. The van der Waals surface area contributed by atoms with Gasteiger partial charge in [0.1, 0.15) is 0 Å². The Morgan fingerprint density at radius 2 is 1.81 bits per heavy atom. The molecule has 3 nitrogen and oxygen atoms in total. The van der Waals surface area contributed by atoms with E-state index in [-0.39, 0.29) is 6.29 Å². The molecule has 0 aromatic carbocycles. The molecule has 0 aromatic heterocycles. The molecule has 1 fully saturated rings. The first-order valence-electron chi connectivity index (χ1n) is 6.34. The van der Waals surface area contributed by atoms with E-state index in [1.54, 1.807) is 0 Å². The lowest BCUT2D eigenvalue weighted by Gasteiger charge is -2.36. The first-order chi connectivity index (χ1) is 7.41. The number of hydrogen-bond donors (Lipinski definition) is 0. The average Bonchev–Trinajstić information content (AvgIpc) is 2.25. The van der Waals surface area contributed by atoms with Gasteiger partial charge in [-0.2, -0.15) is 0 Å². The maximum Gasteiger partial charge on any atom is 0.158 e. The molecule has 0 aliphatic carbocycles. The Morgan fingerprint density at radius 1 is 1.25 bits per heavy atom. The summed E-state index contributed by atoms with van der Waals surface area (Å²) in [4.78, 5) is 2.39. The Hall–Kier alpha value is -0.120. The van der Waals surface area contributed by atoms with Crippen molar-refractivity contribution < 1.29 is 9.47 Å². The van der Waals surface area contributed by atoms with Crippen LogP contribution in [0.2, 0.25) is 0 Å². The highest BCUT2D eigenvalue weighted by Crippen LogP contribution is 2.23. The van der Waals surface area contributed by atoms with Gasteiger partial charge in [0.05, 0.1) is 13.2 Å². The fourth-order valence-corrected chi connectivity index (χ4v) is 1.87. The highest BCUT2D eigenvalue weighted by atomic mass is 16.7. The van der Waals surface area contributed by atoms with Gasteiger partial charge in [0.25, 0.3) is 0 Å². The Bertz CT molecular complexity index is 195. The summed E-state index contributed by atoms with van der Waals surface area (Å²) in [7, 11) is 2.18. The summed E-state index contributed by atoms with van der Waals surface area (Å²) in [6, 6.07) is 0.566. The monoisotopic (exact) mass is 229 g/mol. The van der Waals surface area contributed by atoms with Gasteiger partial charge < -0.3 is 14.4 Å². The first kappa shape index (κ1) is 13.9. The second-order valence-electron chi connectivity index (χ2n) is 5.84. The Labute approximate surface area is 100 Å². The summed E-state index contributed by atoms with van der Waals surface area (Å²) in [6.45, 7) is 11.9. The second-order valence-corrected chi connectivity index (χ2v) is 5.84. The summed E-state index contributed by atoms with van der Waals surface area (Å²) in [5.41, 5.74) is 0.322. The van der Waals surface area contributed by atoms with Crippen molar-refractivity contribution in [2.24, 2.45) is 5.41 Å². The van der Waals surface area contributed by atoms with Gasteiger partial charge in [-0.1, -0.05) is 20.8 Å². The van der Waals surface area contributed by atoms with Crippen LogP contribution in [0, 0.1) is 5.41 Å². The third kappa shape index (κ3) is 4.40. The Kier molecular flexibility index (Phi) is 5.22. The lowest BCUT2D eigenvalue weighted by molar-refractivity contribution is -0.183. The van der Waals surface area contributed by atoms with Crippen LogP contribution in [-0.4, -0.2) is 44.0 Å². The number of ether oxygens (including phenoxy) is 2. The molecule has 1 rings (SSSR count). The molecule has 0 saturated carbocycles. The van der Waals surface area contributed by atoms with Crippen molar-refractivity contribution >= 4 is 0 Å². The van der Waals surface area contributed by atoms with Crippen molar-refractivity contribution in [3.63, 3.8) is 0 Å². The van der Waals surface area contributed by atoms with Crippen LogP contribution in [-0.2, 0) is 9.47 Å². The molecule has 16 heavy (non-hydrogen) atoms. The normalized spacial score (nSPS) is 21.4. The zero-order valence-electron chi connectivity index (χ0n) is 11.5. The minimum Gasteiger partial charge on any atom is -0.353 e. The highest BCUT2D eigenvalue weighted by Gasteiger charge is 2.24. The standard InChI is InChI=1S/C13H27NO2/c1-11(13(2,3)4)14(5)8-7-12-15-9-6-10-16-12/h11-12H,6-10H2,1-5H3. The van der Waals surface area contributed by atoms with Crippen molar-refractivity contribution in [1.29, 1.82) is 0 Å². The van der Waals surface area contributed by atoms with E-state index in [2.05, 4.69) is 39.6 Å². The minimum absolute atomic E-state index is 0.0170. The molecule has 1 aliphatic heterocycles. The zero-order valence-corrected chi connectivity index (χ0v) is 11.5. The van der Waals surface area contributed by atoms with Crippen molar-refractivity contribution in [3.05, 3.63) is 0 Å². The van der Waals surface area contributed by atoms with Crippen LogP contribution in [0.25, 0.3) is 0 Å². The lowest BCUT2D eigenvalue weighted by atomic mass is 9.87. The van der Waals surface area contributed by atoms with Crippen LogP contribution in [0.5, 0.6) is 0 Å². The van der Waals surface area contributed by atoms with Crippen LogP contribution >= 0.6 is 0 Å². The molecular formula is C13H27NO2. The predicted octanol–water partition coefficient (Wildman–Crippen LogP) is 2.51. The average molecular weight is 229 g/mol. The van der Waals surface area contributed by atoms with Crippen LogP contribution in [0.3, 0.4) is 0 Å². The lowest BCUT2D eigenvalue weighted by Crippen LogP contribution is -2.41. The Morgan fingerprint density at radius 3 is 2.31 bits per heavy atom. The summed E-state index contributed by atoms with van der Waals surface area (Å²) in [5.74, 6) is 0. The molecular weight excluding hydrogens is 202 g/mol. The van der Waals surface area contributed by atoms with Crippen LogP contribution in [0.15, 0.2) is 0 Å². The largest absolute Gasteiger partial charge is 0.353 e. The van der Waals surface area contributed by atoms with E-state index in [0.717, 1.165) is 32.6 Å². The molecule has 0 spiro atoms. The number of nitrogens with zero attached hydrogens (tertiary/aromatic N) is 1. The molecule has 3 heteroatoms.